The quantitative estimate of drug-likeness (QED) is 0.366. The number of methoxy groups -OCH3 is 1. The maximum Gasteiger partial charge on any atom is 0.326 e. The fourth-order valence-corrected chi connectivity index (χ4v) is 3.62. The van der Waals surface area contributed by atoms with Gasteiger partial charge in [0.05, 0.1) is 30.4 Å². The van der Waals surface area contributed by atoms with Gasteiger partial charge in [-0.05, 0) is 53.9 Å². The first-order chi connectivity index (χ1) is 12.7. The molecule has 0 spiro atoms. The Balaban J connectivity index is 3.41. The van der Waals surface area contributed by atoms with Gasteiger partial charge >= 0.3 is 23.9 Å². The molecule has 0 aliphatic carbocycles. The number of esters is 4. The number of hydrogen-bond donors (Lipinski definition) is 0. The van der Waals surface area contributed by atoms with Crippen molar-refractivity contribution in [2.75, 3.05) is 7.11 Å². The molecule has 1 heterocycles. The van der Waals surface area contributed by atoms with Gasteiger partial charge in [0.15, 0.2) is 5.41 Å². The van der Waals surface area contributed by atoms with Crippen molar-refractivity contribution >= 4 is 23.9 Å². The van der Waals surface area contributed by atoms with E-state index in [1.165, 1.54) is 21.0 Å². The lowest BCUT2D eigenvalue weighted by molar-refractivity contribution is -0.173. The van der Waals surface area contributed by atoms with Gasteiger partial charge in [-0.15, -0.1) is 0 Å². The fourth-order valence-electron chi connectivity index (χ4n) is 3.62. The van der Waals surface area contributed by atoms with E-state index >= 15 is 0 Å². The van der Waals surface area contributed by atoms with E-state index in [4.69, 9.17) is 9.47 Å². The van der Waals surface area contributed by atoms with E-state index in [0.717, 1.165) is 0 Å². The minimum Gasteiger partial charge on any atom is -0.468 e. The summed E-state index contributed by atoms with van der Waals surface area (Å²) < 4.78 is 15.0. The van der Waals surface area contributed by atoms with Gasteiger partial charge < -0.3 is 14.2 Å². The molecule has 3 unspecified atom stereocenters. The Labute approximate surface area is 165 Å². The molecule has 0 amide bonds. The summed E-state index contributed by atoms with van der Waals surface area (Å²) in [6.07, 6.45) is -0.408. The number of nitriles is 1. The highest BCUT2D eigenvalue weighted by Crippen LogP contribution is 2.48. The molecule has 156 valence electrons. The van der Waals surface area contributed by atoms with Crippen LogP contribution in [-0.4, -0.2) is 36.6 Å². The second-order valence-corrected chi connectivity index (χ2v) is 8.95. The number of cyclic esters (lactones) is 2. The molecule has 0 saturated carbocycles. The van der Waals surface area contributed by atoms with Crippen LogP contribution in [-0.2, 0) is 33.4 Å². The predicted octanol–water partition coefficient (Wildman–Crippen LogP) is 2.69. The SMILES string of the molecule is CCC(C#N)(CC(C)(CC1(C)CC(=O)OC1=O)C(=O)OC(C)(C)C)C(=O)OC. The molecule has 1 aliphatic heterocycles. The molecule has 0 bridgehead atoms. The van der Waals surface area contributed by atoms with Gasteiger partial charge in [-0.2, -0.15) is 5.26 Å². The van der Waals surface area contributed by atoms with E-state index in [0.29, 0.717) is 0 Å². The first kappa shape index (κ1) is 23.6. The van der Waals surface area contributed by atoms with Gasteiger partial charge in [0.2, 0.25) is 0 Å². The minimum absolute atomic E-state index is 0.106. The van der Waals surface area contributed by atoms with Gasteiger partial charge in [0.1, 0.15) is 5.60 Å². The van der Waals surface area contributed by atoms with E-state index in [1.807, 2.05) is 6.07 Å². The van der Waals surface area contributed by atoms with E-state index in [-0.39, 0.29) is 25.7 Å². The van der Waals surface area contributed by atoms with Gasteiger partial charge in [-0.1, -0.05) is 6.92 Å². The van der Waals surface area contributed by atoms with Crippen LogP contribution in [0.4, 0.5) is 0 Å². The summed E-state index contributed by atoms with van der Waals surface area (Å²) in [4.78, 5) is 49.3. The molecule has 0 aromatic carbocycles. The second kappa shape index (κ2) is 7.90. The Hall–Kier alpha value is -2.43. The first-order valence-electron chi connectivity index (χ1n) is 9.15. The Morgan fingerprint density at radius 2 is 1.79 bits per heavy atom. The molecule has 1 fully saturated rings. The topological polar surface area (TPSA) is 120 Å². The zero-order valence-corrected chi connectivity index (χ0v) is 17.6. The number of hydrogen-bond acceptors (Lipinski definition) is 8. The van der Waals surface area contributed by atoms with Gasteiger partial charge in [-0.3, -0.25) is 19.2 Å². The lowest BCUT2D eigenvalue weighted by Gasteiger charge is -2.39. The van der Waals surface area contributed by atoms with Crippen molar-refractivity contribution in [3.05, 3.63) is 0 Å². The van der Waals surface area contributed by atoms with E-state index in [2.05, 4.69) is 4.74 Å². The predicted molar refractivity (Wildman–Crippen MR) is 97.4 cm³/mol. The molecule has 1 saturated heterocycles. The summed E-state index contributed by atoms with van der Waals surface area (Å²) in [5.41, 5.74) is -5.08. The summed E-state index contributed by atoms with van der Waals surface area (Å²) in [5.74, 6) is -2.83. The van der Waals surface area contributed by atoms with Crippen LogP contribution in [0, 0.1) is 27.6 Å². The highest BCUT2D eigenvalue weighted by Gasteiger charge is 2.56. The number of ether oxygens (including phenoxy) is 3. The third-order valence-electron chi connectivity index (χ3n) is 4.99. The maximum absolute atomic E-state index is 13.1. The molecule has 28 heavy (non-hydrogen) atoms. The van der Waals surface area contributed by atoms with E-state index in [1.54, 1.807) is 27.7 Å². The number of carbonyl (C=O) groups is 4. The summed E-state index contributed by atoms with van der Waals surface area (Å²) in [6.45, 7) is 9.78. The Morgan fingerprint density at radius 3 is 2.14 bits per heavy atom. The van der Waals surface area contributed by atoms with Crippen LogP contribution in [0.1, 0.15) is 67.2 Å². The molecule has 1 rings (SSSR count). The van der Waals surface area contributed by atoms with Crippen LogP contribution in [0.2, 0.25) is 0 Å². The Kier molecular flexibility index (Phi) is 6.66. The largest absolute Gasteiger partial charge is 0.468 e. The summed E-state index contributed by atoms with van der Waals surface area (Å²) in [7, 11) is 1.17. The van der Waals surface area contributed by atoms with E-state index < -0.39 is 45.7 Å². The van der Waals surface area contributed by atoms with Crippen molar-refractivity contribution in [2.24, 2.45) is 16.2 Å². The molecule has 0 N–H and O–H groups in total. The first-order valence-corrected chi connectivity index (χ1v) is 9.15. The Morgan fingerprint density at radius 1 is 1.21 bits per heavy atom. The van der Waals surface area contributed by atoms with Gasteiger partial charge in [-0.25, -0.2) is 0 Å². The zero-order valence-electron chi connectivity index (χ0n) is 17.6. The maximum atomic E-state index is 13.1. The molecule has 0 aromatic heterocycles. The average molecular weight is 395 g/mol. The third-order valence-corrected chi connectivity index (χ3v) is 4.99. The summed E-state index contributed by atoms with van der Waals surface area (Å²) in [6, 6.07) is 1.98. The molecular weight excluding hydrogens is 366 g/mol. The van der Waals surface area contributed by atoms with E-state index in [9.17, 15) is 24.4 Å². The summed E-state index contributed by atoms with van der Waals surface area (Å²) in [5, 5.41) is 9.73. The number of nitrogens with zero attached hydrogens (tertiary/aromatic N) is 1. The standard InChI is InChI=1S/C20H29NO7/c1-8-20(12-21,16(25)26-7)11-19(6,15(24)28-17(2,3)4)10-18(5)9-13(22)27-14(18)23/h8-11H2,1-7H3. The van der Waals surface area contributed by atoms with Crippen LogP contribution in [0.5, 0.6) is 0 Å². The van der Waals surface area contributed by atoms with Crippen molar-refractivity contribution in [3.63, 3.8) is 0 Å². The molecule has 0 aromatic rings. The normalized spacial score (nSPS) is 23.8. The van der Waals surface area contributed by atoms with Crippen molar-refractivity contribution in [1.29, 1.82) is 5.26 Å². The van der Waals surface area contributed by atoms with Crippen molar-refractivity contribution < 1.29 is 33.4 Å². The van der Waals surface area contributed by atoms with Crippen LogP contribution < -0.4 is 0 Å². The Bertz CT molecular complexity index is 717. The minimum atomic E-state index is -1.59. The summed E-state index contributed by atoms with van der Waals surface area (Å²) >= 11 is 0. The van der Waals surface area contributed by atoms with Crippen molar-refractivity contribution in [2.45, 2.75) is 72.8 Å². The third kappa shape index (κ3) is 4.89. The molecule has 8 heteroatoms. The smallest absolute Gasteiger partial charge is 0.326 e. The van der Waals surface area contributed by atoms with Crippen LogP contribution in [0.3, 0.4) is 0 Å². The second-order valence-electron chi connectivity index (χ2n) is 8.95. The lowest BCUT2D eigenvalue weighted by Crippen LogP contribution is -2.46. The highest BCUT2D eigenvalue weighted by molar-refractivity contribution is 5.97. The highest BCUT2D eigenvalue weighted by atomic mass is 16.6. The molecule has 8 nitrogen and oxygen atoms in total. The molecule has 0 radical (unpaired) electrons. The van der Waals surface area contributed by atoms with Crippen LogP contribution in [0.15, 0.2) is 0 Å². The lowest BCUT2D eigenvalue weighted by atomic mass is 9.64. The van der Waals surface area contributed by atoms with Crippen molar-refractivity contribution in [1.82, 2.24) is 0 Å². The van der Waals surface area contributed by atoms with Gasteiger partial charge in [0, 0.05) is 0 Å². The molecule has 3 atom stereocenters. The average Bonchev–Trinajstić information content (AvgIpc) is 2.81. The van der Waals surface area contributed by atoms with Crippen LogP contribution in [0.25, 0.3) is 0 Å². The number of carbonyl (C=O) groups excluding carboxylic acids is 4. The van der Waals surface area contributed by atoms with Crippen LogP contribution >= 0.6 is 0 Å². The van der Waals surface area contributed by atoms with Crippen molar-refractivity contribution in [3.8, 4) is 6.07 Å². The zero-order chi connectivity index (χ0) is 22.0. The molecular formula is C20H29NO7. The fraction of sp³-hybridized carbons (Fsp3) is 0.750. The molecule has 1 aliphatic rings. The number of rotatable bonds is 7. The monoisotopic (exact) mass is 395 g/mol. The van der Waals surface area contributed by atoms with Gasteiger partial charge in [0.25, 0.3) is 0 Å².